The predicted octanol–water partition coefficient (Wildman–Crippen LogP) is 2.68. The Morgan fingerprint density at radius 2 is 1.59 bits per heavy atom. The van der Waals surface area contributed by atoms with Gasteiger partial charge in [-0.25, -0.2) is 4.39 Å². The van der Waals surface area contributed by atoms with Gasteiger partial charge in [0.2, 0.25) is 11.8 Å². The maximum Gasteiger partial charge on any atom is 0.253 e. The van der Waals surface area contributed by atoms with Gasteiger partial charge in [-0.3, -0.25) is 14.4 Å². The molecule has 0 bridgehead atoms. The van der Waals surface area contributed by atoms with Crippen LogP contribution in [0.25, 0.3) is 0 Å². The molecule has 0 spiro atoms. The van der Waals surface area contributed by atoms with Crippen LogP contribution in [0.1, 0.15) is 41.6 Å². The Hall–Kier alpha value is -3.22. The molecule has 1 aliphatic carbocycles. The molecule has 168 valence electrons. The fourth-order valence-electron chi connectivity index (χ4n) is 4.00. The van der Waals surface area contributed by atoms with Gasteiger partial charge in [-0.15, -0.1) is 0 Å². The van der Waals surface area contributed by atoms with E-state index in [1.54, 1.807) is 4.90 Å². The van der Waals surface area contributed by atoms with Crippen LogP contribution in [-0.2, 0) is 16.0 Å². The lowest BCUT2D eigenvalue weighted by Crippen LogP contribution is -2.51. The summed E-state index contributed by atoms with van der Waals surface area (Å²) in [6, 6.07) is 14.7. The number of amides is 3. The third kappa shape index (κ3) is 5.72. The molecule has 1 saturated carbocycles. The zero-order chi connectivity index (χ0) is 22.5. The summed E-state index contributed by atoms with van der Waals surface area (Å²) >= 11 is 0. The topological polar surface area (TPSA) is 78.5 Å². The summed E-state index contributed by atoms with van der Waals surface area (Å²) < 4.78 is 13.1. The van der Waals surface area contributed by atoms with E-state index in [9.17, 15) is 18.8 Å². The largest absolute Gasteiger partial charge is 0.352 e. The summed E-state index contributed by atoms with van der Waals surface area (Å²) in [4.78, 5) is 40.0. The third-order valence-electron chi connectivity index (χ3n) is 6.08. The zero-order valence-corrected chi connectivity index (χ0v) is 17.9. The van der Waals surface area contributed by atoms with Crippen LogP contribution in [0.15, 0.2) is 54.6 Å². The van der Waals surface area contributed by atoms with E-state index in [-0.39, 0.29) is 35.5 Å². The fraction of sp³-hybridized carbons (Fsp3) is 0.400. The second kappa shape index (κ2) is 9.94. The lowest BCUT2D eigenvalue weighted by Gasteiger charge is -2.32. The second-order valence-corrected chi connectivity index (χ2v) is 8.61. The minimum Gasteiger partial charge on any atom is -0.352 e. The van der Waals surface area contributed by atoms with Crippen molar-refractivity contribution in [3.05, 3.63) is 71.5 Å². The van der Waals surface area contributed by atoms with Gasteiger partial charge in [-0.1, -0.05) is 30.3 Å². The smallest absolute Gasteiger partial charge is 0.253 e. The van der Waals surface area contributed by atoms with E-state index in [1.807, 2.05) is 30.3 Å². The van der Waals surface area contributed by atoms with Crippen LogP contribution in [0.4, 0.5) is 4.39 Å². The van der Waals surface area contributed by atoms with Gasteiger partial charge in [-0.05, 0) is 55.5 Å². The Balaban J connectivity index is 1.33. The lowest BCUT2D eigenvalue weighted by atomic mass is 9.94. The molecule has 1 atom stereocenters. The van der Waals surface area contributed by atoms with E-state index in [1.165, 1.54) is 24.3 Å². The fourth-order valence-corrected chi connectivity index (χ4v) is 4.00. The van der Waals surface area contributed by atoms with Crippen molar-refractivity contribution in [3.63, 3.8) is 0 Å². The summed E-state index contributed by atoms with van der Waals surface area (Å²) in [5, 5.41) is 5.95. The molecule has 2 fully saturated rings. The van der Waals surface area contributed by atoms with Gasteiger partial charge in [0, 0.05) is 37.0 Å². The SMILES string of the molecule is O=C(NC(Cc1ccccc1)C(=O)NC1CC1)C1CCN(C(=O)c2ccc(F)cc2)CC1. The highest BCUT2D eigenvalue weighted by Crippen LogP contribution is 2.21. The first-order valence-electron chi connectivity index (χ1n) is 11.2. The molecular weight excluding hydrogens is 409 g/mol. The number of likely N-dealkylation sites (tertiary alicyclic amines) is 1. The average Bonchev–Trinajstić information content (AvgIpc) is 3.63. The van der Waals surface area contributed by atoms with Crippen LogP contribution in [-0.4, -0.2) is 47.8 Å². The van der Waals surface area contributed by atoms with Crippen LogP contribution in [0.5, 0.6) is 0 Å². The van der Waals surface area contributed by atoms with Crippen molar-refractivity contribution in [2.75, 3.05) is 13.1 Å². The van der Waals surface area contributed by atoms with Crippen molar-refractivity contribution in [1.82, 2.24) is 15.5 Å². The minimum atomic E-state index is -0.621. The summed E-state index contributed by atoms with van der Waals surface area (Å²) in [5.41, 5.74) is 1.43. The van der Waals surface area contributed by atoms with Crippen molar-refractivity contribution in [3.8, 4) is 0 Å². The number of benzene rings is 2. The molecule has 7 heteroatoms. The zero-order valence-electron chi connectivity index (χ0n) is 17.9. The number of carbonyl (C=O) groups excluding carboxylic acids is 3. The molecule has 1 unspecified atom stereocenters. The first kappa shape index (κ1) is 22.0. The summed E-state index contributed by atoms with van der Waals surface area (Å²) in [6.45, 7) is 0.901. The number of hydrogen-bond donors (Lipinski definition) is 2. The van der Waals surface area contributed by atoms with E-state index in [4.69, 9.17) is 0 Å². The number of carbonyl (C=O) groups is 3. The Bertz CT molecular complexity index is 952. The van der Waals surface area contributed by atoms with E-state index in [2.05, 4.69) is 10.6 Å². The molecule has 2 aliphatic rings. The van der Waals surface area contributed by atoms with Gasteiger partial charge in [0.15, 0.2) is 0 Å². The molecule has 2 N–H and O–H groups in total. The molecule has 6 nitrogen and oxygen atoms in total. The van der Waals surface area contributed by atoms with E-state index in [0.717, 1.165) is 18.4 Å². The van der Waals surface area contributed by atoms with Crippen molar-refractivity contribution in [2.45, 2.75) is 44.2 Å². The van der Waals surface area contributed by atoms with Gasteiger partial charge in [0.25, 0.3) is 5.91 Å². The van der Waals surface area contributed by atoms with Gasteiger partial charge >= 0.3 is 0 Å². The summed E-state index contributed by atoms with van der Waals surface area (Å²) in [5.74, 6) is -1.08. The maximum absolute atomic E-state index is 13.1. The van der Waals surface area contributed by atoms with Crippen molar-refractivity contribution >= 4 is 17.7 Å². The molecular formula is C25H28FN3O3. The van der Waals surface area contributed by atoms with Gasteiger partial charge in [-0.2, -0.15) is 0 Å². The summed E-state index contributed by atoms with van der Waals surface area (Å²) in [7, 11) is 0. The van der Waals surface area contributed by atoms with Crippen molar-refractivity contribution in [1.29, 1.82) is 0 Å². The predicted molar refractivity (Wildman–Crippen MR) is 118 cm³/mol. The average molecular weight is 438 g/mol. The highest BCUT2D eigenvalue weighted by molar-refractivity contribution is 5.94. The molecule has 1 aliphatic heterocycles. The molecule has 0 aromatic heterocycles. The standard InChI is InChI=1S/C25H28FN3O3/c26-20-8-6-19(7-9-20)25(32)29-14-12-18(13-15-29)23(30)28-22(24(31)27-21-10-11-21)16-17-4-2-1-3-5-17/h1-9,18,21-22H,10-16H2,(H,27,31)(H,28,30). The number of nitrogens with one attached hydrogen (secondary N) is 2. The number of halogens is 1. The van der Waals surface area contributed by atoms with Crippen LogP contribution in [0, 0.1) is 11.7 Å². The molecule has 3 amide bonds. The Labute approximate surface area is 187 Å². The monoisotopic (exact) mass is 437 g/mol. The maximum atomic E-state index is 13.1. The quantitative estimate of drug-likeness (QED) is 0.699. The van der Waals surface area contributed by atoms with Crippen LogP contribution in [0.2, 0.25) is 0 Å². The highest BCUT2D eigenvalue weighted by atomic mass is 19.1. The Kier molecular flexibility index (Phi) is 6.83. The van der Waals surface area contributed by atoms with Gasteiger partial charge < -0.3 is 15.5 Å². The van der Waals surface area contributed by atoms with E-state index in [0.29, 0.717) is 37.9 Å². The van der Waals surface area contributed by atoms with Crippen LogP contribution < -0.4 is 10.6 Å². The van der Waals surface area contributed by atoms with E-state index < -0.39 is 6.04 Å². The molecule has 32 heavy (non-hydrogen) atoms. The minimum absolute atomic E-state index is 0.145. The Morgan fingerprint density at radius 1 is 0.938 bits per heavy atom. The second-order valence-electron chi connectivity index (χ2n) is 8.61. The normalized spacial score (nSPS) is 17.5. The number of nitrogens with zero attached hydrogens (tertiary/aromatic N) is 1. The molecule has 0 radical (unpaired) electrons. The third-order valence-corrected chi connectivity index (χ3v) is 6.08. The Morgan fingerprint density at radius 3 is 2.22 bits per heavy atom. The molecule has 2 aromatic rings. The molecule has 1 heterocycles. The van der Waals surface area contributed by atoms with Crippen molar-refractivity contribution in [2.24, 2.45) is 5.92 Å². The van der Waals surface area contributed by atoms with Crippen molar-refractivity contribution < 1.29 is 18.8 Å². The molecule has 1 saturated heterocycles. The number of piperidine rings is 1. The van der Waals surface area contributed by atoms with Crippen LogP contribution in [0.3, 0.4) is 0 Å². The van der Waals surface area contributed by atoms with E-state index >= 15 is 0 Å². The molecule has 2 aromatic carbocycles. The lowest BCUT2D eigenvalue weighted by molar-refractivity contribution is -0.132. The first-order chi connectivity index (χ1) is 15.5. The first-order valence-corrected chi connectivity index (χ1v) is 11.2. The number of hydrogen-bond acceptors (Lipinski definition) is 3. The van der Waals surface area contributed by atoms with Gasteiger partial charge in [0.1, 0.15) is 11.9 Å². The highest BCUT2D eigenvalue weighted by Gasteiger charge is 2.32. The summed E-state index contributed by atoms with van der Waals surface area (Å²) in [6.07, 6.45) is 3.46. The van der Waals surface area contributed by atoms with Gasteiger partial charge in [0.05, 0.1) is 0 Å². The van der Waals surface area contributed by atoms with Crippen LogP contribution >= 0.6 is 0 Å². The number of rotatable bonds is 7. The molecule has 4 rings (SSSR count).